The van der Waals surface area contributed by atoms with Crippen LogP contribution in [0.4, 0.5) is 10.1 Å². The van der Waals surface area contributed by atoms with Crippen molar-refractivity contribution in [1.82, 2.24) is 4.72 Å². The molecule has 20 heavy (non-hydrogen) atoms. The zero-order valence-electron chi connectivity index (χ0n) is 11.8. The molecule has 1 fully saturated rings. The zero-order chi connectivity index (χ0) is 14.9. The smallest absolute Gasteiger partial charge is 0.240 e. The molecule has 0 saturated heterocycles. The van der Waals surface area contributed by atoms with Crippen LogP contribution in [-0.4, -0.2) is 15.0 Å². The summed E-state index contributed by atoms with van der Waals surface area (Å²) in [7, 11) is -3.63. The predicted molar refractivity (Wildman–Crippen MR) is 77.2 cm³/mol. The van der Waals surface area contributed by atoms with Crippen molar-refractivity contribution in [2.24, 2.45) is 11.8 Å². The highest BCUT2D eigenvalue weighted by molar-refractivity contribution is 7.89. The van der Waals surface area contributed by atoms with Gasteiger partial charge >= 0.3 is 0 Å². The Kier molecular flexibility index (Phi) is 4.34. The Hall–Kier alpha value is -1.14. The van der Waals surface area contributed by atoms with E-state index in [0.29, 0.717) is 23.9 Å². The predicted octanol–water partition coefficient (Wildman–Crippen LogP) is 2.43. The third-order valence-corrected chi connectivity index (χ3v) is 5.51. The summed E-state index contributed by atoms with van der Waals surface area (Å²) in [4.78, 5) is 0.0578. The highest BCUT2D eigenvalue weighted by Gasteiger charge is 2.24. The molecule has 112 valence electrons. The fraction of sp³-hybridized carbons (Fsp3) is 0.571. The van der Waals surface area contributed by atoms with Gasteiger partial charge in [-0.2, -0.15) is 0 Å². The van der Waals surface area contributed by atoms with Gasteiger partial charge in [-0.15, -0.1) is 0 Å². The van der Waals surface area contributed by atoms with E-state index in [1.807, 2.05) is 0 Å². The Morgan fingerprint density at radius 1 is 1.40 bits per heavy atom. The van der Waals surface area contributed by atoms with Crippen molar-refractivity contribution in [1.29, 1.82) is 0 Å². The van der Waals surface area contributed by atoms with Gasteiger partial charge in [0.1, 0.15) is 5.82 Å². The molecular formula is C14H21FN2O2S. The van der Waals surface area contributed by atoms with E-state index in [1.165, 1.54) is 6.07 Å². The van der Waals surface area contributed by atoms with Gasteiger partial charge in [-0.3, -0.25) is 0 Å². The molecule has 1 aliphatic rings. The molecule has 0 radical (unpaired) electrons. The average molecular weight is 300 g/mol. The van der Waals surface area contributed by atoms with Crippen LogP contribution in [0.15, 0.2) is 17.0 Å². The third kappa shape index (κ3) is 3.30. The van der Waals surface area contributed by atoms with Gasteiger partial charge < -0.3 is 5.73 Å². The van der Waals surface area contributed by atoms with Crippen molar-refractivity contribution in [3.63, 3.8) is 0 Å². The molecule has 4 nitrogen and oxygen atoms in total. The second-order valence-electron chi connectivity index (χ2n) is 5.78. The Labute approximate surface area is 119 Å². The first kappa shape index (κ1) is 15.3. The van der Waals surface area contributed by atoms with E-state index in [2.05, 4.69) is 11.6 Å². The first-order valence-electron chi connectivity index (χ1n) is 6.85. The summed E-state index contributed by atoms with van der Waals surface area (Å²) in [5.41, 5.74) is 5.67. The normalized spacial score (nSPS) is 23.1. The maximum absolute atomic E-state index is 13.3. The highest BCUT2D eigenvalue weighted by Crippen LogP contribution is 2.30. The lowest BCUT2D eigenvalue weighted by Crippen LogP contribution is -2.29. The minimum atomic E-state index is -3.63. The van der Waals surface area contributed by atoms with E-state index in [0.717, 1.165) is 25.3 Å². The summed E-state index contributed by atoms with van der Waals surface area (Å²) in [5.74, 6) is 0.455. The van der Waals surface area contributed by atoms with Gasteiger partial charge in [-0.25, -0.2) is 17.5 Å². The molecule has 2 rings (SSSR count). The van der Waals surface area contributed by atoms with Crippen LogP contribution in [0.1, 0.15) is 31.7 Å². The largest absolute Gasteiger partial charge is 0.396 e. The molecule has 1 aromatic carbocycles. The monoisotopic (exact) mass is 300 g/mol. The first-order chi connectivity index (χ1) is 9.29. The number of aryl methyl sites for hydroxylation is 1. The van der Waals surface area contributed by atoms with Crippen molar-refractivity contribution in [2.45, 2.75) is 38.0 Å². The van der Waals surface area contributed by atoms with Crippen LogP contribution in [0.25, 0.3) is 0 Å². The molecule has 0 amide bonds. The standard InChI is InChI=1S/C14H21FN2O2S/c1-9-3-4-11(5-9)8-17-20(18,19)14-7-13(16)12(15)6-10(14)2/h6-7,9,11,17H,3-5,8,16H2,1-2H3. The number of sulfonamides is 1. The van der Waals surface area contributed by atoms with E-state index in [9.17, 15) is 12.8 Å². The number of anilines is 1. The van der Waals surface area contributed by atoms with Gasteiger partial charge in [0.2, 0.25) is 10.0 Å². The number of hydrogen-bond acceptors (Lipinski definition) is 3. The lowest BCUT2D eigenvalue weighted by atomic mass is 10.1. The molecule has 0 heterocycles. The quantitative estimate of drug-likeness (QED) is 0.839. The summed E-state index contributed by atoms with van der Waals surface area (Å²) in [6.07, 6.45) is 3.25. The molecule has 1 aromatic rings. The van der Waals surface area contributed by atoms with Gasteiger partial charge in [0.05, 0.1) is 10.6 Å². The van der Waals surface area contributed by atoms with E-state index in [-0.39, 0.29) is 10.6 Å². The van der Waals surface area contributed by atoms with Crippen LogP contribution in [0.2, 0.25) is 0 Å². The molecule has 0 aromatic heterocycles. The SMILES string of the molecule is Cc1cc(F)c(N)cc1S(=O)(=O)NCC1CCC(C)C1. The summed E-state index contributed by atoms with van der Waals surface area (Å²) in [6.45, 7) is 4.18. The molecule has 1 saturated carbocycles. The lowest BCUT2D eigenvalue weighted by molar-refractivity contribution is 0.498. The number of benzene rings is 1. The van der Waals surface area contributed by atoms with Crippen LogP contribution >= 0.6 is 0 Å². The maximum atomic E-state index is 13.3. The van der Waals surface area contributed by atoms with Crippen LogP contribution < -0.4 is 10.5 Å². The second kappa shape index (κ2) is 5.69. The van der Waals surface area contributed by atoms with Crippen molar-refractivity contribution in [2.75, 3.05) is 12.3 Å². The minimum Gasteiger partial charge on any atom is -0.396 e. The molecule has 0 aliphatic heterocycles. The molecule has 6 heteroatoms. The molecule has 0 spiro atoms. The van der Waals surface area contributed by atoms with Crippen LogP contribution in [0.5, 0.6) is 0 Å². The van der Waals surface area contributed by atoms with E-state index in [4.69, 9.17) is 5.73 Å². The van der Waals surface area contributed by atoms with Crippen molar-refractivity contribution < 1.29 is 12.8 Å². The Morgan fingerprint density at radius 3 is 2.70 bits per heavy atom. The van der Waals surface area contributed by atoms with Crippen molar-refractivity contribution >= 4 is 15.7 Å². The number of halogens is 1. The molecule has 2 unspecified atom stereocenters. The van der Waals surface area contributed by atoms with Crippen LogP contribution in [-0.2, 0) is 10.0 Å². The Bertz CT molecular complexity index is 601. The third-order valence-electron chi connectivity index (χ3n) is 3.95. The highest BCUT2D eigenvalue weighted by atomic mass is 32.2. The van der Waals surface area contributed by atoms with Gasteiger partial charge in [-0.1, -0.05) is 13.3 Å². The van der Waals surface area contributed by atoms with E-state index in [1.54, 1.807) is 6.92 Å². The lowest BCUT2D eigenvalue weighted by Gasteiger charge is -2.14. The maximum Gasteiger partial charge on any atom is 0.240 e. The first-order valence-corrected chi connectivity index (χ1v) is 8.33. The van der Waals surface area contributed by atoms with E-state index >= 15 is 0 Å². The van der Waals surface area contributed by atoms with E-state index < -0.39 is 15.8 Å². The van der Waals surface area contributed by atoms with Crippen LogP contribution in [0.3, 0.4) is 0 Å². The van der Waals surface area contributed by atoms with Crippen LogP contribution in [0, 0.1) is 24.6 Å². The molecular weight excluding hydrogens is 279 g/mol. The van der Waals surface area contributed by atoms with Gasteiger partial charge in [0, 0.05) is 6.54 Å². The number of rotatable bonds is 4. The minimum absolute atomic E-state index is 0.0578. The summed E-state index contributed by atoms with van der Waals surface area (Å²) < 4.78 is 40.4. The number of nitrogens with one attached hydrogen (secondary N) is 1. The Morgan fingerprint density at radius 2 is 2.10 bits per heavy atom. The van der Waals surface area contributed by atoms with Gasteiger partial charge in [0.15, 0.2) is 0 Å². The second-order valence-corrected chi connectivity index (χ2v) is 7.51. The van der Waals surface area contributed by atoms with Crippen molar-refractivity contribution in [3.05, 3.63) is 23.5 Å². The number of nitrogens with two attached hydrogens (primary N) is 1. The number of hydrogen-bond donors (Lipinski definition) is 2. The average Bonchev–Trinajstić information content (AvgIpc) is 2.77. The summed E-state index contributed by atoms with van der Waals surface area (Å²) in [6, 6.07) is 2.34. The summed E-state index contributed by atoms with van der Waals surface area (Å²) >= 11 is 0. The molecule has 1 aliphatic carbocycles. The Balaban J connectivity index is 2.12. The molecule has 0 bridgehead atoms. The van der Waals surface area contributed by atoms with Crippen molar-refractivity contribution in [3.8, 4) is 0 Å². The fourth-order valence-electron chi connectivity index (χ4n) is 2.77. The molecule has 2 atom stereocenters. The zero-order valence-corrected chi connectivity index (χ0v) is 12.6. The molecule has 3 N–H and O–H groups in total. The van der Waals surface area contributed by atoms with Gasteiger partial charge in [-0.05, 0) is 49.3 Å². The number of nitrogen functional groups attached to an aromatic ring is 1. The fourth-order valence-corrected chi connectivity index (χ4v) is 4.15. The topological polar surface area (TPSA) is 72.2 Å². The summed E-state index contributed by atoms with van der Waals surface area (Å²) in [5, 5.41) is 0. The van der Waals surface area contributed by atoms with Gasteiger partial charge in [0.25, 0.3) is 0 Å².